The number of sulfonamides is 1. The summed E-state index contributed by atoms with van der Waals surface area (Å²) >= 11 is 0. The number of primary amides is 1. The van der Waals surface area contributed by atoms with Crippen molar-refractivity contribution in [3.63, 3.8) is 0 Å². The van der Waals surface area contributed by atoms with Gasteiger partial charge in [-0.3, -0.25) is 4.79 Å². The fraction of sp³-hybridized carbons (Fsp3) is 0.421. The molecule has 2 aromatic rings. The van der Waals surface area contributed by atoms with Gasteiger partial charge in [-0.25, -0.2) is 23.5 Å². The molecule has 0 unspecified atom stereocenters. The van der Waals surface area contributed by atoms with E-state index in [2.05, 4.69) is 9.97 Å². The van der Waals surface area contributed by atoms with Crippen LogP contribution in [0.25, 0.3) is 11.1 Å². The Morgan fingerprint density at radius 3 is 2.32 bits per heavy atom. The number of alkyl halides is 6. The average Bonchev–Trinajstić information content (AvgIpc) is 2.96. The maximum absolute atomic E-state index is 13.9. The molecule has 0 aromatic carbocycles. The Balaban J connectivity index is 1.95. The molecule has 2 aliphatic rings. The van der Waals surface area contributed by atoms with Crippen LogP contribution in [0.3, 0.4) is 0 Å². The zero-order chi connectivity index (χ0) is 25.3. The van der Waals surface area contributed by atoms with E-state index in [1.807, 2.05) is 0 Å². The predicted molar refractivity (Wildman–Crippen MR) is 106 cm³/mol. The van der Waals surface area contributed by atoms with Crippen LogP contribution in [0.4, 0.5) is 32.2 Å². The maximum atomic E-state index is 13.9. The number of carbonyl (C=O) groups excluding carboxylic acids is 1. The summed E-state index contributed by atoms with van der Waals surface area (Å²) < 4.78 is 106. The number of primary sulfonamides is 1. The Morgan fingerprint density at radius 1 is 1.18 bits per heavy atom. The molecule has 2 fully saturated rings. The number of hydrogen-bond acceptors (Lipinski definition) is 6. The number of nitrogens with two attached hydrogens (primary N) is 2. The number of hydrogen-bond donors (Lipinski definition) is 2. The number of pyridine rings is 2. The van der Waals surface area contributed by atoms with Crippen molar-refractivity contribution in [1.82, 2.24) is 9.97 Å². The number of halogens is 6. The van der Waals surface area contributed by atoms with Crippen molar-refractivity contribution in [1.29, 1.82) is 0 Å². The van der Waals surface area contributed by atoms with E-state index in [1.54, 1.807) is 0 Å². The van der Waals surface area contributed by atoms with Gasteiger partial charge in [0.15, 0.2) is 5.03 Å². The van der Waals surface area contributed by atoms with Crippen LogP contribution in [0.1, 0.15) is 28.8 Å². The van der Waals surface area contributed by atoms with Crippen LogP contribution in [-0.2, 0) is 16.2 Å². The molecule has 0 spiro atoms. The van der Waals surface area contributed by atoms with Crippen LogP contribution in [-0.4, -0.2) is 43.6 Å². The van der Waals surface area contributed by atoms with E-state index in [4.69, 9.17) is 10.9 Å². The van der Waals surface area contributed by atoms with Gasteiger partial charge in [0, 0.05) is 31.0 Å². The molecule has 0 radical (unpaired) electrons. The van der Waals surface area contributed by atoms with Crippen LogP contribution >= 0.6 is 0 Å². The fourth-order valence-electron chi connectivity index (χ4n) is 4.68. The Morgan fingerprint density at radius 2 is 1.85 bits per heavy atom. The maximum Gasteiger partial charge on any atom is 0.418 e. The van der Waals surface area contributed by atoms with Crippen LogP contribution in [0.15, 0.2) is 29.6 Å². The molecule has 4 N–H and O–H groups in total. The van der Waals surface area contributed by atoms with E-state index in [0.29, 0.717) is 6.20 Å². The predicted octanol–water partition coefficient (Wildman–Crippen LogP) is 2.69. The summed E-state index contributed by atoms with van der Waals surface area (Å²) in [5.41, 5.74) is -0.0913. The first-order valence-electron chi connectivity index (χ1n) is 9.77. The van der Waals surface area contributed by atoms with E-state index >= 15 is 0 Å². The van der Waals surface area contributed by atoms with E-state index in [0.717, 1.165) is 23.2 Å². The van der Waals surface area contributed by atoms with E-state index in [-0.39, 0.29) is 19.4 Å². The fourth-order valence-corrected chi connectivity index (χ4v) is 5.18. The molecule has 1 saturated carbocycles. The smallest absolute Gasteiger partial charge is 0.365 e. The van der Waals surface area contributed by atoms with Gasteiger partial charge in [-0.1, -0.05) is 0 Å². The summed E-state index contributed by atoms with van der Waals surface area (Å²) in [6.07, 6.45) is -8.25. The third-order valence-electron chi connectivity index (χ3n) is 6.42. The SMILES string of the molecule is NC(=O)c1c(N2C[C@H]3CC[C@@]3(C(F)(F)F)C2)ncc(C(F)(F)F)c1-c1ccnc(S(N)(=O)=O)c1. The zero-order valence-corrected chi connectivity index (χ0v) is 17.9. The van der Waals surface area contributed by atoms with E-state index < -0.39 is 79.3 Å². The minimum atomic E-state index is -5.06. The lowest BCUT2D eigenvalue weighted by Crippen LogP contribution is -2.51. The summed E-state index contributed by atoms with van der Waals surface area (Å²) in [7, 11) is -4.43. The number of amides is 1. The third-order valence-corrected chi connectivity index (χ3v) is 7.23. The summed E-state index contributed by atoms with van der Waals surface area (Å²) in [5.74, 6) is -2.63. The molecule has 4 rings (SSSR count). The summed E-state index contributed by atoms with van der Waals surface area (Å²) in [6.45, 7) is -0.783. The highest BCUT2D eigenvalue weighted by Gasteiger charge is 2.68. The molecular weight excluding hydrogens is 492 g/mol. The molecule has 34 heavy (non-hydrogen) atoms. The molecule has 8 nitrogen and oxygen atoms in total. The first-order chi connectivity index (χ1) is 15.6. The van der Waals surface area contributed by atoms with Gasteiger partial charge >= 0.3 is 12.4 Å². The van der Waals surface area contributed by atoms with Gasteiger partial charge in [-0.05, 0) is 36.5 Å². The van der Waals surface area contributed by atoms with Crippen molar-refractivity contribution in [3.8, 4) is 11.1 Å². The molecule has 2 atom stereocenters. The first-order valence-corrected chi connectivity index (χ1v) is 11.3. The molecule has 3 heterocycles. The van der Waals surface area contributed by atoms with E-state index in [1.165, 1.54) is 0 Å². The van der Waals surface area contributed by atoms with Gasteiger partial charge < -0.3 is 10.6 Å². The van der Waals surface area contributed by atoms with Crippen molar-refractivity contribution in [2.24, 2.45) is 22.2 Å². The first kappa shape index (κ1) is 24.2. The largest absolute Gasteiger partial charge is 0.418 e. The number of nitrogens with zero attached hydrogens (tertiary/aromatic N) is 3. The topological polar surface area (TPSA) is 132 Å². The number of carbonyl (C=O) groups is 1. The summed E-state index contributed by atoms with van der Waals surface area (Å²) in [4.78, 5) is 20.7. The van der Waals surface area contributed by atoms with Crippen LogP contribution in [0.2, 0.25) is 0 Å². The Kier molecular flexibility index (Phi) is 5.36. The Bertz CT molecular complexity index is 1280. The van der Waals surface area contributed by atoms with Gasteiger partial charge in [0.05, 0.1) is 16.5 Å². The second-order valence-electron chi connectivity index (χ2n) is 8.31. The van der Waals surface area contributed by atoms with Gasteiger partial charge in [-0.15, -0.1) is 0 Å². The van der Waals surface area contributed by atoms with Crippen molar-refractivity contribution in [2.45, 2.75) is 30.2 Å². The van der Waals surface area contributed by atoms with Crippen molar-refractivity contribution in [2.75, 3.05) is 18.0 Å². The second-order valence-corrected chi connectivity index (χ2v) is 9.81. The monoisotopic (exact) mass is 509 g/mol. The molecule has 1 saturated heterocycles. The highest BCUT2D eigenvalue weighted by atomic mass is 32.2. The normalized spacial score (nSPS) is 22.9. The third kappa shape index (κ3) is 3.76. The summed E-state index contributed by atoms with van der Waals surface area (Å²) in [6, 6.07) is 1.72. The summed E-state index contributed by atoms with van der Waals surface area (Å²) in [5, 5.41) is 4.24. The lowest BCUT2D eigenvalue weighted by atomic mass is 9.61. The van der Waals surface area contributed by atoms with E-state index in [9.17, 15) is 39.6 Å². The molecule has 184 valence electrons. The Labute approximate surface area is 189 Å². The second kappa shape index (κ2) is 7.53. The average molecular weight is 509 g/mol. The molecule has 15 heteroatoms. The van der Waals surface area contributed by atoms with Crippen LogP contribution in [0, 0.1) is 11.3 Å². The molecule has 1 amide bonds. The highest BCUT2D eigenvalue weighted by Crippen LogP contribution is 2.61. The quantitative estimate of drug-likeness (QED) is 0.609. The molecule has 2 aromatic heterocycles. The Hall–Kier alpha value is -2.94. The number of anilines is 1. The number of aromatic nitrogens is 2. The minimum Gasteiger partial charge on any atom is -0.365 e. The standard InChI is InChI=1S/C19H17F6N5O3S/c20-18(21,22)11-6-29-16(30-7-10-1-3-17(10,8-30)19(23,24)25)14(15(26)31)13(11)9-2-4-28-12(5-9)34(27,32)33/h2,4-6,10H,1,3,7-8H2,(H2,26,31)(H2,27,32,33)/t10-,17-/m1/s1. The van der Waals surface area contributed by atoms with Crippen LogP contribution < -0.4 is 15.8 Å². The molecule has 1 aliphatic carbocycles. The number of rotatable bonds is 4. The lowest BCUT2D eigenvalue weighted by molar-refractivity contribution is -0.258. The zero-order valence-electron chi connectivity index (χ0n) is 17.1. The van der Waals surface area contributed by atoms with Crippen molar-refractivity contribution < 1.29 is 39.6 Å². The van der Waals surface area contributed by atoms with Crippen molar-refractivity contribution in [3.05, 3.63) is 35.7 Å². The van der Waals surface area contributed by atoms with Gasteiger partial charge in [0.1, 0.15) is 5.82 Å². The lowest BCUT2D eigenvalue weighted by Gasteiger charge is -2.44. The number of fused-ring (bicyclic) bond motifs is 1. The van der Waals surface area contributed by atoms with Gasteiger partial charge in [-0.2, -0.15) is 26.3 Å². The molecular formula is C19H17F6N5O3S. The molecule has 0 bridgehead atoms. The van der Waals surface area contributed by atoms with Crippen LogP contribution in [0.5, 0.6) is 0 Å². The minimum absolute atomic E-state index is 0.154. The van der Waals surface area contributed by atoms with Gasteiger partial charge in [0.2, 0.25) is 0 Å². The van der Waals surface area contributed by atoms with Gasteiger partial charge in [0.25, 0.3) is 15.9 Å². The molecule has 1 aliphatic heterocycles. The highest BCUT2D eigenvalue weighted by molar-refractivity contribution is 7.89. The van der Waals surface area contributed by atoms with Crippen molar-refractivity contribution >= 4 is 21.7 Å².